The second kappa shape index (κ2) is 3.01. The molecule has 0 aliphatic heterocycles. The summed E-state index contributed by atoms with van der Waals surface area (Å²) in [5.74, 6) is -0.706. The molecule has 0 aliphatic carbocycles. The average Bonchev–Trinajstić information content (AvgIpc) is 2.04. The van der Waals surface area contributed by atoms with Crippen LogP contribution in [0.1, 0.15) is 10.4 Å². The van der Waals surface area contributed by atoms with Gasteiger partial charge >= 0.3 is 5.97 Å². The normalized spacial score (nSPS) is 9.18. The molecule has 58 valence electrons. The van der Waals surface area contributed by atoms with E-state index in [9.17, 15) is 4.79 Å². The van der Waals surface area contributed by atoms with E-state index in [0.717, 1.165) is 0 Å². The van der Waals surface area contributed by atoms with Crippen molar-refractivity contribution in [3.05, 3.63) is 24.0 Å². The van der Waals surface area contributed by atoms with E-state index in [2.05, 4.69) is 4.98 Å². The quantitative estimate of drug-likeness (QED) is 0.682. The summed E-state index contributed by atoms with van der Waals surface area (Å²) in [6.07, 6.45) is 2.73. The number of ether oxygens (including phenoxy) is 1. The van der Waals surface area contributed by atoms with Crippen molar-refractivity contribution in [1.29, 1.82) is 0 Å². The molecule has 1 rings (SSSR count). The van der Waals surface area contributed by atoms with Gasteiger partial charge in [-0.25, -0.2) is 4.79 Å². The molecule has 0 aromatic carbocycles. The number of pyridine rings is 1. The van der Waals surface area contributed by atoms with Gasteiger partial charge < -0.3 is 9.84 Å². The highest BCUT2D eigenvalue weighted by atomic mass is 16.5. The predicted molar refractivity (Wildman–Crippen MR) is 37.7 cm³/mol. The van der Waals surface area contributed by atoms with Crippen molar-refractivity contribution in [1.82, 2.24) is 4.98 Å². The van der Waals surface area contributed by atoms with Gasteiger partial charge in [0.05, 0.1) is 7.11 Å². The van der Waals surface area contributed by atoms with Crippen molar-refractivity contribution in [2.24, 2.45) is 0 Å². The van der Waals surface area contributed by atoms with Crippen LogP contribution in [0.15, 0.2) is 18.5 Å². The van der Waals surface area contributed by atoms with E-state index in [0.29, 0.717) is 5.75 Å². The second-order valence-electron chi connectivity index (χ2n) is 1.88. The van der Waals surface area contributed by atoms with Crippen LogP contribution < -0.4 is 4.74 Å². The number of carboxylic acids is 1. The molecule has 0 unspecified atom stereocenters. The average molecular weight is 153 g/mol. The van der Waals surface area contributed by atoms with Gasteiger partial charge in [-0.15, -0.1) is 0 Å². The Morgan fingerprint density at radius 3 is 2.91 bits per heavy atom. The number of carboxylic acid groups (broad SMARTS) is 1. The standard InChI is InChI=1S/C7H7NO3/c1-11-6-2-3-8-4-5(6)7(9)10/h2-4H,1H3,(H,9,10). The van der Waals surface area contributed by atoms with Crippen LogP contribution in [0.25, 0.3) is 0 Å². The summed E-state index contributed by atoms with van der Waals surface area (Å²) in [4.78, 5) is 14.1. The summed E-state index contributed by atoms with van der Waals surface area (Å²) in [5.41, 5.74) is 0.0787. The Bertz CT molecular complexity index is 272. The van der Waals surface area contributed by atoms with E-state index in [1.54, 1.807) is 0 Å². The Kier molecular flexibility index (Phi) is 2.06. The van der Waals surface area contributed by atoms with Crippen LogP contribution >= 0.6 is 0 Å². The molecular formula is C7H7NO3. The summed E-state index contributed by atoms with van der Waals surface area (Å²) in [6.45, 7) is 0. The summed E-state index contributed by atoms with van der Waals surface area (Å²) >= 11 is 0. The van der Waals surface area contributed by atoms with Gasteiger partial charge in [-0.05, 0) is 6.07 Å². The minimum Gasteiger partial charge on any atom is -0.496 e. The first-order valence-electron chi connectivity index (χ1n) is 2.97. The molecule has 0 bridgehead atoms. The monoisotopic (exact) mass is 153 g/mol. The van der Waals surface area contributed by atoms with E-state index in [1.165, 1.54) is 25.6 Å². The first-order chi connectivity index (χ1) is 5.25. The molecule has 0 amide bonds. The van der Waals surface area contributed by atoms with Crippen LogP contribution in [0.3, 0.4) is 0 Å². The SMILES string of the molecule is COc1ccncc1C(=O)O. The van der Waals surface area contributed by atoms with Crippen LogP contribution in [-0.4, -0.2) is 23.2 Å². The molecule has 0 saturated heterocycles. The van der Waals surface area contributed by atoms with Gasteiger partial charge in [0.15, 0.2) is 0 Å². The third-order valence-electron chi connectivity index (χ3n) is 1.23. The molecule has 4 nitrogen and oxygen atoms in total. The fraction of sp³-hybridized carbons (Fsp3) is 0.143. The van der Waals surface area contributed by atoms with Gasteiger partial charge in [-0.3, -0.25) is 4.98 Å². The first-order valence-corrected chi connectivity index (χ1v) is 2.97. The highest BCUT2D eigenvalue weighted by Gasteiger charge is 2.08. The minimum absolute atomic E-state index is 0.0787. The third-order valence-corrected chi connectivity index (χ3v) is 1.23. The second-order valence-corrected chi connectivity index (χ2v) is 1.88. The fourth-order valence-electron chi connectivity index (χ4n) is 0.720. The molecule has 4 heteroatoms. The molecule has 0 aliphatic rings. The molecule has 1 N–H and O–H groups in total. The zero-order valence-electron chi connectivity index (χ0n) is 5.94. The Hall–Kier alpha value is -1.58. The number of aromatic nitrogens is 1. The predicted octanol–water partition coefficient (Wildman–Crippen LogP) is 0.788. The van der Waals surface area contributed by atoms with Crippen LogP contribution in [0, 0.1) is 0 Å². The van der Waals surface area contributed by atoms with Crippen LogP contribution in [0.4, 0.5) is 0 Å². The topological polar surface area (TPSA) is 59.4 Å². The maximum absolute atomic E-state index is 10.5. The maximum Gasteiger partial charge on any atom is 0.341 e. The molecule has 0 atom stereocenters. The van der Waals surface area contributed by atoms with E-state index >= 15 is 0 Å². The lowest BCUT2D eigenvalue weighted by Crippen LogP contribution is -2.00. The smallest absolute Gasteiger partial charge is 0.341 e. The lowest BCUT2D eigenvalue weighted by Gasteiger charge is -2.01. The molecule has 0 spiro atoms. The van der Waals surface area contributed by atoms with E-state index in [4.69, 9.17) is 9.84 Å². The summed E-state index contributed by atoms with van der Waals surface area (Å²) in [6, 6.07) is 1.50. The van der Waals surface area contributed by atoms with E-state index in [-0.39, 0.29) is 5.56 Å². The van der Waals surface area contributed by atoms with Gasteiger partial charge in [-0.2, -0.15) is 0 Å². The number of aromatic carboxylic acids is 1. The number of methoxy groups -OCH3 is 1. The molecule has 0 fully saturated rings. The molecule has 1 aromatic rings. The molecule has 0 saturated carbocycles. The van der Waals surface area contributed by atoms with Crippen molar-refractivity contribution in [3.63, 3.8) is 0 Å². The molecule has 1 heterocycles. The van der Waals surface area contributed by atoms with Gasteiger partial charge in [0.2, 0.25) is 0 Å². The van der Waals surface area contributed by atoms with Crippen molar-refractivity contribution in [3.8, 4) is 5.75 Å². The number of hydrogen-bond donors (Lipinski definition) is 1. The largest absolute Gasteiger partial charge is 0.496 e. The zero-order valence-corrected chi connectivity index (χ0v) is 5.94. The lowest BCUT2D eigenvalue weighted by molar-refractivity contribution is 0.0693. The Morgan fingerprint density at radius 1 is 1.73 bits per heavy atom. The Balaban J connectivity index is 3.12. The summed E-state index contributed by atoms with van der Waals surface area (Å²) in [7, 11) is 1.42. The fourth-order valence-corrected chi connectivity index (χ4v) is 0.720. The van der Waals surface area contributed by atoms with Crippen molar-refractivity contribution >= 4 is 5.97 Å². The van der Waals surface area contributed by atoms with Crippen molar-refractivity contribution < 1.29 is 14.6 Å². The maximum atomic E-state index is 10.5. The Morgan fingerprint density at radius 2 is 2.45 bits per heavy atom. The van der Waals surface area contributed by atoms with Gasteiger partial charge in [0, 0.05) is 12.4 Å². The molecule has 11 heavy (non-hydrogen) atoms. The van der Waals surface area contributed by atoms with E-state index < -0.39 is 5.97 Å². The van der Waals surface area contributed by atoms with Crippen LogP contribution in [0.2, 0.25) is 0 Å². The summed E-state index contributed by atoms with van der Waals surface area (Å²) in [5, 5.41) is 8.58. The molecular weight excluding hydrogens is 146 g/mol. The third kappa shape index (κ3) is 1.46. The van der Waals surface area contributed by atoms with Gasteiger partial charge in [-0.1, -0.05) is 0 Å². The Labute approximate surface area is 63.5 Å². The lowest BCUT2D eigenvalue weighted by atomic mass is 10.3. The van der Waals surface area contributed by atoms with Crippen molar-refractivity contribution in [2.75, 3.05) is 7.11 Å². The molecule has 0 radical (unpaired) electrons. The minimum atomic E-state index is -1.03. The highest BCUT2D eigenvalue weighted by molar-refractivity contribution is 5.90. The molecule has 1 aromatic heterocycles. The highest BCUT2D eigenvalue weighted by Crippen LogP contribution is 2.14. The number of rotatable bonds is 2. The van der Waals surface area contributed by atoms with Crippen LogP contribution in [-0.2, 0) is 0 Å². The van der Waals surface area contributed by atoms with Gasteiger partial charge in [0.25, 0.3) is 0 Å². The van der Waals surface area contributed by atoms with Crippen molar-refractivity contribution in [2.45, 2.75) is 0 Å². The summed E-state index contributed by atoms with van der Waals surface area (Å²) < 4.78 is 4.79. The number of hydrogen-bond acceptors (Lipinski definition) is 3. The first kappa shape index (κ1) is 7.53. The van der Waals surface area contributed by atoms with Crippen LogP contribution in [0.5, 0.6) is 5.75 Å². The number of carbonyl (C=O) groups is 1. The number of nitrogens with zero attached hydrogens (tertiary/aromatic N) is 1. The zero-order chi connectivity index (χ0) is 8.27. The van der Waals surface area contributed by atoms with E-state index in [1.807, 2.05) is 0 Å². The van der Waals surface area contributed by atoms with Gasteiger partial charge in [0.1, 0.15) is 11.3 Å².